The van der Waals surface area contributed by atoms with Crippen LogP contribution in [0, 0.1) is 5.82 Å². The molecule has 1 aromatic heterocycles. The Bertz CT molecular complexity index is 460. The summed E-state index contributed by atoms with van der Waals surface area (Å²) in [5.74, 6) is -0.523. The number of hydrogen-bond donors (Lipinski definition) is 1. The van der Waals surface area contributed by atoms with Gasteiger partial charge in [-0.3, -0.25) is 0 Å². The molecule has 5 heteroatoms. The maximum Gasteiger partial charge on any atom is 0.133 e. The van der Waals surface area contributed by atoms with Crippen LogP contribution in [0.25, 0.3) is 0 Å². The minimum absolute atomic E-state index is 0.189. The van der Waals surface area contributed by atoms with Gasteiger partial charge >= 0.3 is 0 Å². The number of aliphatic hydroxyl groups excluding tert-OH is 1. The fourth-order valence-corrected chi connectivity index (χ4v) is 2.02. The number of benzene rings is 1. The second kappa shape index (κ2) is 4.26. The number of thiazole rings is 1. The molecule has 0 bridgehead atoms. The van der Waals surface area contributed by atoms with Gasteiger partial charge in [-0.1, -0.05) is 17.7 Å². The largest absolute Gasteiger partial charge is 0.381 e. The van der Waals surface area contributed by atoms with Crippen molar-refractivity contribution in [1.29, 1.82) is 0 Å². The van der Waals surface area contributed by atoms with Crippen molar-refractivity contribution in [1.82, 2.24) is 4.98 Å². The maximum absolute atomic E-state index is 13.4. The molecular formula is C10H7ClFNOS. The van der Waals surface area contributed by atoms with E-state index in [4.69, 9.17) is 11.6 Å². The standard InChI is InChI=1S/C10H7ClFNOS/c11-6-1-2-7(8(12)5-6)9(14)10-13-3-4-15-10/h1-5,9,14H. The Labute approximate surface area is 95.0 Å². The number of rotatable bonds is 2. The summed E-state index contributed by atoms with van der Waals surface area (Å²) < 4.78 is 13.4. The zero-order valence-corrected chi connectivity index (χ0v) is 9.10. The van der Waals surface area contributed by atoms with Crippen molar-refractivity contribution in [3.05, 3.63) is 51.2 Å². The van der Waals surface area contributed by atoms with E-state index in [9.17, 15) is 9.50 Å². The number of nitrogens with zero attached hydrogens (tertiary/aromatic N) is 1. The van der Waals surface area contributed by atoms with Gasteiger partial charge in [-0.2, -0.15) is 0 Å². The summed E-state index contributed by atoms with van der Waals surface area (Å²) in [7, 11) is 0. The predicted octanol–water partition coefficient (Wildman–Crippen LogP) is 3.02. The Balaban J connectivity index is 2.38. The van der Waals surface area contributed by atoms with E-state index >= 15 is 0 Å². The first-order chi connectivity index (χ1) is 7.18. The van der Waals surface area contributed by atoms with Crippen LogP contribution in [0.15, 0.2) is 29.8 Å². The summed E-state index contributed by atoms with van der Waals surface area (Å²) in [6.07, 6.45) is 0.541. The monoisotopic (exact) mass is 243 g/mol. The first-order valence-electron chi connectivity index (χ1n) is 4.21. The van der Waals surface area contributed by atoms with Gasteiger partial charge in [-0.05, 0) is 12.1 Å². The van der Waals surface area contributed by atoms with E-state index in [1.165, 1.54) is 29.5 Å². The molecule has 2 rings (SSSR count). The third-order valence-corrected chi connectivity index (χ3v) is 3.01. The molecule has 0 saturated heterocycles. The van der Waals surface area contributed by atoms with Crippen LogP contribution in [0.3, 0.4) is 0 Å². The molecule has 0 aliphatic carbocycles. The van der Waals surface area contributed by atoms with Gasteiger partial charge in [0, 0.05) is 22.2 Å². The van der Waals surface area contributed by atoms with Gasteiger partial charge in [-0.25, -0.2) is 9.37 Å². The van der Waals surface area contributed by atoms with E-state index in [0.717, 1.165) is 0 Å². The zero-order chi connectivity index (χ0) is 10.8. The molecule has 0 radical (unpaired) electrons. The molecular weight excluding hydrogens is 237 g/mol. The van der Waals surface area contributed by atoms with Crippen molar-refractivity contribution in [2.75, 3.05) is 0 Å². The van der Waals surface area contributed by atoms with E-state index in [0.29, 0.717) is 10.0 Å². The van der Waals surface area contributed by atoms with Crippen LogP contribution in [-0.4, -0.2) is 10.1 Å². The van der Waals surface area contributed by atoms with Crippen LogP contribution < -0.4 is 0 Å². The number of aromatic nitrogens is 1. The van der Waals surface area contributed by atoms with Crippen LogP contribution >= 0.6 is 22.9 Å². The topological polar surface area (TPSA) is 33.1 Å². The maximum atomic E-state index is 13.4. The average molecular weight is 244 g/mol. The van der Waals surface area contributed by atoms with E-state index < -0.39 is 11.9 Å². The highest BCUT2D eigenvalue weighted by Crippen LogP contribution is 2.27. The normalized spacial score (nSPS) is 12.7. The molecule has 0 saturated carbocycles. The van der Waals surface area contributed by atoms with E-state index in [1.807, 2.05) is 0 Å². The van der Waals surface area contributed by atoms with Gasteiger partial charge in [0.05, 0.1) is 0 Å². The Kier molecular flexibility index (Phi) is 3.00. The van der Waals surface area contributed by atoms with E-state index in [1.54, 1.807) is 11.6 Å². The van der Waals surface area contributed by atoms with Crippen LogP contribution in [0.5, 0.6) is 0 Å². The summed E-state index contributed by atoms with van der Waals surface area (Å²) in [6, 6.07) is 4.17. The van der Waals surface area contributed by atoms with Gasteiger partial charge in [0.2, 0.25) is 0 Å². The lowest BCUT2D eigenvalue weighted by molar-refractivity contribution is 0.214. The van der Waals surface area contributed by atoms with Crippen LogP contribution in [0.1, 0.15) is 16.7 Å². The van der Waals surface area contributed by atoms with Crippen molar-refractivity contribution in [3.8, 4) is 0 Å². The molecule has 0 aliphatic rings. The Morgan fingerprint density at radius 2 is 2.27 bits per heavy atom. The minimum Gasteiger partial charge on any atom is -0.381 e. The SMILES string of the molecule is OC(c1nccs1)c1ccc(Cl)cc1F. The third-order valence-electron chi connectivity index (χ3n) is 1.94. The fraction of sp³-hybridized carbons (Fsp3) is 0.100. The molecule has 78 valence electrons. The average Bonchev–Trinajstić information content (AvgIpc) is 2.69. The van der Waals surface area contributed by atoms with Crippen molar-refractivity contribution in [2.45, 2.75) is 6.10 Å². The highest BCUT2D eigenvalue weighted by molar-refractivity contribution is 7.09. The molecule has 1 unspecified atom stereocenters. The molecule has 2 aromatic rings. The van der Waals surface area contributed by atoms with E-state index in [2.05, 4.69) is 4.98 Å². The first kappa shape index (κ1) is 10.5. The number of aliphatic hydroxyl groups is 1. The highest BCUT2D eigenvalue weighted by atomic mass is 35.5. The summed E-state index contributed by atoms with van der Waals surface area (Å²) >= 11 is 6.89. The molecule has 2 nitrogen and oxygen atoms in total. The molecule has 1 aromatic carbocycles. The first-order valence-corrected chi connectivity index (χ1v) is 5.46. The smallest absolute Gasteiger partial charge is 0.133 e. The molecule has 0 fully saturated rings. The quantitative estimate of drug-likeness (QED) is 0.880. The van der Waals surface area contributed by atoms with Crippen LogP contribution in [0.4, 0.5) is 4.39 Å². The Hall–Kier alpha value is -0.970. The lowest BCUT2D eigenvalue weighted by atomic mass is 10.1. The molecule has 0 spiro atoms. The Morgan fingerprint density at radius 3 is 2.87 bits per heavy atom. The number of halogens is 2. The molecule has 15 heavy (non-hydrogen) atoms. The minimum atomic E-state index is -1.03. The lowest BCUT2D eigenvalue weighted by Crippen LogP contribution is -2.01. The zero-order valence-electron chi connectivity index (χ0n) is 7.52. The molecule has 1 heterocycles. The van der Waals surface area contributed by atoms with Gasteiger partial charge < -0.3 is 5.11 Å². The lowest BCUT2D eigenvalue weighted by Gasteiger charge is -2.08. The molecule has 1 atom stereocenters. The fourth-order valence-electron chi connectivity index (χ4n) is 1.23. The summed E-state index contributed by atoms with van der Waals surface area (Å²) in [5, 5.41) is 12.3. The Morgan fingerprint density at radius 1 is 1.47 bits per heavy atom. The number of hydrogen-bond acceptors (Lipinski definition) is 3. The van der Waals surface area contributed by atoms with Crippen LogP contribution in [-0.2, 0) is 0 Å². The van der Waals surface area contributed by atoms with Crippen LogP contribution in [0.2, 0.25) is 5.02 Å². The summed E-state index contributed by atoms with van der Waals surface area (Å²) in [4.78, 5) is 3.92. The summed E-state index contributed by atoms with van der Waals surface area (Å²) in [6.45, 7) is 0. The van der Waals surface area contributed by atoms with Crippen molar-refractivity contribution >= 4 is 22.9 Å². The third kappa shape index (κ3) is 2.17. The summed E-state index contributed by atoms with van der Waals surface area (Å²) in [5.41, 5.74) is 0.189. The molecule has 1 N–H and O–H groups in total. The molecule has 0 aliphatic heterocycles. The van der Waals surface area contributed by atoms with Gasteiger partial charge in [0.1, 0.15) is 16.9 Å². The second-order valence-corrected chi connectivity index (χ2v) is 4.30. The van der Waals surface area contributed by atoms with Crippen molar-refractivity contribution < 1.29 is 9.50 Å². The van der Waals surface area contributed by atoms with Gasteiger partial charge in [-0.15, -0.1) is 11.3 Å². The van der Waals surface area contributed by atoms with Crippen molar-refractivity contribution in [2.24, 2.45) is 0 Å². The van der Waals surface area contributed by atoms with Gasteiger partial charge in [0.15, 0.2) is 0 Å². The van der Waals surface area contributed by atoms with Gasteiger partial charge in [0.25, 0.3) is 0 Å². The molecule has 0 amide bonds. The highest BCUT2D eigenvalue weighted by Gasteiger charge is 2.17. The van der Waals surface area contributed by atoms with Crippen molar-refractivity contribution in [3.63, 3.8) is 0 Å². The second-order valence-electron chi connectivity index (χ2n) is 2.94. The van der Waals surface area contributed by atoms with E-state index in [-0.39, 0.29) is 5.56 Å². The predicted molar refractivity (Wildman–Crippen MR) is 57.6 cm³/mol.